The molecule has 1 N–H and O–H groups in total. The van der Waals surface area contributed by atoms with Crippen LogP contribution in [0.3, 0.4) is 0 Å². The molecule has 2 aromatic carbocycles. The molecule has 1 aromatic heterocycles. The Labute approximate surface area is 204 Å². The first-order valence-electron chi connectivity index (χ1n) is 11.8. The first-order valence-corrected chi connectivity index (χ1v) is 11.8. The number of phenolic OH excluding ortho intramolecular Hbond substituents is 1. The highest BCUT2D eigenvalue weighted by atomic mass is 16.5. The number of oxazole rings is 1. The quantitative estimate of drug-likeness (QED) is 0.612. The molecular formula is C26H30N4O5. The van der Waals surface area contributed by atoms with Crippen LogP contribution in [0, 0.1) is 6.92 Å². The average Bonchev–Trinajstić information content (AvgIpc) is 3.34. The Morgan fingerprint density at radius 2 is 1.91 bits per heavy atom. The van der Waals surface area contributed by atoms with Crippen molar-refractivity contribution >= 4 is 11.7 Å². The predicted molar refractivity (Wildman–Crippen MR) is 131 cm³/mol. The SMILES string of the molecule is COc1cc(N2CCN(C(=O)N3CCOCC3c3ccccc3O)CC2)ccc1-c1cnc(C)o1. The van der Waals surface area contributed by atoms with E-state index in [1.807, 2.05) is 47.1 Å². The minimum Gasteiger partial charge on any atom is -0.508 e. The van der Waals surface area contributed by atoms with Crippen molar-refractivity contribution in [3.05, 3.63) is 60.1 Å². The van der Waals surface area contributed by atoms with E-state index in [1.54, 1.807) is 25.4 Å². The fourth-order valence-corrected chi connectivity index (χ4v) is 4.76. The van der Waals surface area contributed by atoms with Crippen molar-refractivity contribution in [1.82, 2.24) is 14.8 Å². The summed E-state index contributed by atoms with van der Waals surface area (Å²) in [7, 11) is 1.64. The van der Waals surface area contributed by atoms with Gasteiger partial charge in [0.15, 0.2) is 11.7 Å². The van der Waals surface area contributed by atoms with Gasteiger partial charge in [0, 0.05) is 57.0 Å². The van der Waals surface area contributed by atoms with Crippen LogP contribution in [0.15, 0.2) is 53.1 Å². The number of benzene rings is 2. The van der Waals surface area contributed by atoms with Crippen molar-refractivity contribution < 1.29 is 23.8 Å². The molecule has 3 heterocycles. The molecule has 9 nitrogen and oxygen atoms in total. The first-order chi connectivity index (χ1) is 17.0. The summed E-state index contributed by atoms with van der Waals surface area (Å²) in [6, 6.07) is 12.9. The van der Waals surface area contributed by atoms with Gasteiger partial charge in [-0.15, -0.1) is 0 Å². The number of hydrogen-bond acceptors (Lipinski definition) is 7. The molecule has 2 aliphatic rings. The third kappa shape index (κ3) is 4.64. The van der Waals surface area contributed by atoms with E-state index in [1.165, 1.54) is 0 Å². The predicted octanol–water partition coefficient (Wildman–Crippen LogP) is 3.68. The maximum Gasteiger partial charge on any atom is 0.320 e. The number of morpholine rings is 1. The van der Waals surface area contributed by atoms with E-state index in [0.29, 0.717) is 63.2 Å². The Kier molecular flexibility index (Phi) is 6.50. The van der Waals surface area contributed by atoms with Crippen LogP contribution in [-0.2, 0) is 4.74 Å². The van der Waals surface area contributed by atoms with Crippen molar-refractivity contribution in [2.24, 2.45) is 0 Å². The number of ether oxygens (including phenoxy) is 2. The van der Waals surface area contributed by atoms with Gasteiger partial charge in [-0.2, -0.15) is 0 Å². The summed E-state index contributed by atoms with van der Waals surface area (Å²) in [5, 5.41) is 10.3. The summed E-state index contributed by atoms with van der Waals surface area (Å²) in [5.74, 6) is 2.18. The van der Waals surface area contributed by atoms with Crippen molar-refractivity contribution in [2.45, 2.75) is 13.0 Å². The molecule has 9 heteroatoms. The van der Waals surface area contributed by atoms with Crippen molar-refractivity contribution in [2.75, 3.05) is 57.9 Å². The van der Waals surface area contributed by atoms with Gasteiger partial charge in [0.1, 0.15) is 11.5 Å². The molecule has 35 heavy (non-hydrogen) atoms. The van der Waals surface area contributed by atoms with Crippen LogP contribution >= 0.6 is 0 Å². The number of piperazine rings is 1. The molecule has 0 aliphatic carbocycles. The highest BCUT2D eigenvalue weighted by Gasteiger charge is 2.34. The first kappa shape index (κ1) is 23.0. The third-order valence-electron chi connectivity index (χ3n) is 6.66. The van der Waals surface area contributed by atoms with Gasteiger partial charge < -0.3 is 33.7 Å². The monoisotopic (exact) mass is 478 g/mol. The molecule has 1 unspecified atom stereocenters. The lowest BCUT2D eigenvalue weighted by atomic mass is 10.0. The Bertz CT molecular complexity index is 1190. The number of methoxy groups -OCH3 is 1. The van der Waals surface area contributed by atoms with Crippen LogP contribution < -0.4 is 9.64 Å². The Hall–Kier alpha value is -3.72. The zero-order chi connectivity index (χ0) is 24.4. The number of aryl methyl sites for hydroxylation is 1. The fraction of sp³-hybridized carbons (Fsp3) is 0.385. The number of carbonyl (C=O) groups is 1. The maximum atomic E-state index is 13.5. The summed E-state index contributed by atoms with van der Waals surface area (Å²) in [4.78, 5) is 23.6. The molecule has 2 amide bonds. The van der Waals surface area contributed by atoms with Crippen LogP contribution in [0.5, 0.6) is 11.5 Å². The number of rotatable bonds is 4. The van der Waals surface area contributed by atoms with Crippen LogP contribution in [0.25, 0.3) is 11.3 Å². The number of aromatic hydroxyl groups is 1. The molecule has 2 saturated heterocycles. The number of amides is 2. The van der Waals surface area contributed by atoms with E-state index < -0.39 is 0 Å². The van der Waals surface area contributed by atoms with Crippen molar-refractivity contribution in [1.29, 1.82) is 0 Å². The second-order valence-corrected chi connectivity index (χ2v) is 8.73. The van der Waals surface area contributed by atoms with E-state index in [9.17, 15) is 9.90 Å². The Morgan fingerprint density at radius 1 is 1.11 bits per heavy atom. The van der Waals surface area contributed by atoms with Crippen LogP contribution in [0.2, 0.25) is 0 Å². The molecule has 2 aliphatic heterocycles. The molecule has 0 bridgehead atoms. The number of nitrogens with zero attached hydrogens (tertiary/aromatic N) is 4. The summed E-state index contributed by atoms with van der Waals surface area (Å²) in [6.07, 6.45) is 1.70. The van der Waals surface area contributed by atoms with E-state index in [2.05, 4.69) is 9.88 Å². The van der Waals surface area contributed by atoms with Crippen molar-refractivity contribution in [3.8, 4) is 22.8 Å². The van der Waals surface area contributed by atoms with Crippen LogP contribution in [0.1, 0.15) is 17.5 Å². The maximum absolute atomic E-state index is 13.5. The second kappa shape index (κ2) is 9.87. The van der Waals surface area contributed by atoms with Gasteiger partial charge in [-0.1, -0.05) is 18.2 Å². The number of hydrogen-bond donors (Lipinski definition) is 1. The summed E-state index contributed by atoms with van der Waals surface area (Å²) >= 11 is 0. The van der Waals surface area contributed by atoms with Crippen LogP contribution in [0.4, 0.5) is 10.5 Å². The lowest BCUT2D eigenvalue weighted by Crippen LogP contribution is -2.55. The van der Waals surface area contributed by atoms with E-state index >= 15 is 0 Å². The zero-order valence-electron chi connectivity index (χ0n) is 20.0. The van der Waals surface area contributed by atoms with Gasteiger partial charge in [-0.3, -0.25) is 0 Å². The number of anilines is 1. The lowest BCUT2D eigenvalue weighted by Gasteiger charge is -2.42. The zero-order valence-corrected chi connectivity index (χ0v) is 20.0. The summed E-state index contributed by atoms with van der Waals surface area (Å²) in [6.45, 7) is 5.81. The molecule has 3 aromatic rings. The van der Waals surface area contributed by atoms with Gasteiger partial charge in [0.25, 0.3) is 0 Å². The number of aromatic nitrogens is 1. The van der Waals surface area contributed by atoms with Gasteiger partial charge in [0.2, 0.25) is 0 Å². The lowest BCUT2D eigenvalue weighted by molar-refractivity contribution is 0.00209. The average molecular weight is 479 g/mol. The number of para-hydroxylation sites is 1. The standard InChI is InChI=1S/C26H30N4O5/c1-18-27-16-25(35-18)21-8-7-19(15-24(21)33-2)28-9-11-29(12-10-28)26(32)30-13-14-34-17-22(30)20-5-3-4-6-23(20)31/h3-8,15-16,22,31H,9-14,17H2,1-2H3. The molecule has 1 atom stereocenters. The smallest absolute Gasteiger partial charge is 0.320 e. The van der Waals surface area contributed by atoms with E-state index in [4.69, 9.17) is 13.9 Å². The van der Waals surface area contributed by atoms with E-state index in [-0.39, 0.29) is 17.8 Å². The topological polar surface area (TPSA) is 91.5 Å². The number of urea groups is 1. The molecule has 184 valence electrons. The summed E-state index contributed by atoms with van der Waals surface area (Å²) in [5.41, 5.74) is 2.61. The minimum atomic E-state index is -0.299. The molecule has 5 rings (SSSR count). The normalized spacial score (nSPS) is 18.6. The molecule has 0 radical (unpaired) electrons. The van der Waals surface area contributed by atoms with Gasteiger partial charge in [-0.05, 0) is 18.2 Å². The summed E-state index contributed by atoms with van der Waals surface area (Å²) < 4.78 is 16.9. The van der Waals surface area contributed by atoms with Gasteiger partial charge in [-0.25, -0.2) is 9.78 Å². The molecule has 0 spiro atoms. The van der Waals surface area contributed by atoms with Gasteiger partial charge in [0.05, 0.1) is 38.1 Å². The molecular weight excluding hydrogens is 448 g/mol. The number of phenols is 1. The van der Waals surface area contributed by atoms with Crippen LogP contribution in [-0.4, -0.2) is 79.0 Å². The third-order valence-corrected chi connectivity index (χ3v) is 6.66. The minimum absolute atomic E-state index is 0.0187. The second-order valence-electron chi connectivity index (χ2n) is 8.73. The highest BCUT2D eigenvalue weighted by Crippen LogP contribution is 2.35. The van der Waals surface area contributed by atoms with Crippen molar-refractivity contribution in [3.63, 3.8) is 0 Å². The molecule has 2 fully saturated rings. The largest absolute Gasteiger partial charge is 0.508 e. The number of carbonyl (C=O) groups excluding carboxylic acids is 1. The fourth-order valence-electron chi connectivity index (χ4n) is 4.76. The van der Waals surface area contributed by atoms with Gasteiger partial charge >= 0.3 is 6.03 Å². The molecule has 0 saturated carbocycles. The highest BCUT2D eigenvalue weighted by molar-refractivity contribution is 5.76. The Balaban J connectivity index is 1.27. The Morgan fingerprint density at radius 3 is 2.63 bits per heavy atom. The van der Waals surface area contributed by atoms with E-state index in [0.717, 1.165) is 17.0 Å².